The van der Waals surface area contributed by atoms with Crippen molar-refractivity contribution in [3.8, 4) is 0 Å². The highest BCUT2D eigenvalue weighted by Gasteiger charge is 2.18. The third-order valence-corrected chi connectivity index (χ3v) is 3.18. The molecule has 17 heavy (non-hydrogen) atoms. The van der Waals surface area contributed by atoms with Gasteiger partial charge in [0.15, 0.2) is 0 Å². The first-order chi connectivity index (χ1) is 8.34. The van der Waals surface area contributed by atoms with Crippen LogP contribution >= 0.6 is 0 Å². The van der Waals surface area contributed by atoms with Crippen LogP contribution in [0, 0.1) is 0 Å². The van der Waals surface area contributed by atoms with Crippen molar-refractivity contribution >= 4 is 5.71 Å². The van der Waals surface area contributed by atoms with Crippen molar-refractivity contribution in [2.75, 3.05) is 0 Å². The largest absolute Gasteiger partial charge is 0.281 e. The third kappa shape index (κ3) is 1.89. The lowest BCUT2D eigenvalue weighted by molar-refractivity contribution is 0.728. The molecule has 3 rings (SSSR count). The van der Waals surface area contributed by atoms with Crippen LogP contribution in [0.15, 0.2) is 59.6 Å². The molecule has 0 aromatic heterocycles. The zero-order valence-electron chi connectivity index (χ0n) is 9.93. The highest BCUT2D eigenvalue weighted by Crippen LogP contribution is 2.23. The van der Waals surface area contributed by atoms with Gasteiger partial charge in [-0.15, -0.1) is 0 Å². The van der Waals surface area contributed by atoms with E-state index in [2.05, 4.69) is 55.5 Å². The van der Waals surface area contributed by atoms with E-state index in [-0.39, 0.29) is 0 Å². The van der Waals surface area contributed by atoms with Crippen LogP contribution in [0.3, 0.4) is 0 Å². The van der Waals surface area contributed by atoms with Crippen molar-refractivity contribution in [1.82, 2.24) is 0 Å². The smallest absolute Gasteiger partial charge is 0.0725 e. The fraction of sp³-hybridized carbons (Fsp3) is 0.188. The van der Waals surface area contributed by atoms with Gasteiger partial charge in [0.1, 0.15) is 0 Å². The van der Waals surface area contributed by atoms with Crippen LogP contribution in [0.4, 0.5) is 0 Å². The summed E-state index contributed by atoms with van der Waals surface area (Å²) in [4.78, 5) is 4.81. The first kappa shape index (κ1) is 10.3. The predicted octanol–water partition coefficient (Wildman–Crippen LogP) is 3.47. The SMILES string of the molecule is CC1Cc2ccccc2C(c2ccccc2)=N1. The Hall–Kier alpha value is -1.89. The quantitative estimate of drug-likeness (QED) is 0.699. The molecule has 1 unspecified atom stereocenters. The van der Waals surface area contributed by atoms with Crippen LogP contribution in [0.2, 0.25) is 0 Å². The van der Waals surface area contributed by atoms with Gasteiger partial charge in [-0.2, -0.15) is 0 Å². The van der Waals surface area contributed by atoms with E-state index in [1.807, 2.05) is 6.07 Å². The summed E-state index contributed by atoms with van der Waals surface area (Å²) in [5, 5.41) is 0. The monoisotopic (exact) mass is 221 g/mol. The van der Waals surface area contributed by atoms with Crippen LogP contribution in [-0.2, 0) is 6.42 Å². The predicted molar refractivity (Wildman–Crippen MR) is 71.7 cm³/mol. The van der Waals surface area contributed by atoms with E-state index in [0.29, 0.717) is 6.04 Å². The molecule has 1 aliphatic rings. The van der Waals surface area contributed by atoms with Crippen molar-refractivity contribution in [2.24, 2.45) is 4.99 Å². The van der Waals surface area contributed by atoms with Crippen molar-refractivity contribution in [3.05, 3.63) is 71.3 Å². The van der Waals surface area contributed by atoms with E-state index < -0.39 is 0 Å². The van der Waals surface area contributed by atoms with Gasteiger partial charge in [-0.1, -0.05) is 54.6 Å². The van der Waals surface area contributed by atoms with Crippen LogP contribution in [0.5, 0.6) is 0 Å². The summed E-state index contributed by atoms with van der Waals surface area (Å²) in [6.45, 7) is 2.18. The summed E-state index contributed by atoms with van der Waals surface area (Å²) in [6, 6.07) is 19.4. The minimum Gasteiger partial charge on any atom is -0.281 e. The molecule has 0 saturated carbocycles. The van der Waals surface area contributed by atoms with Crippen LogP contribution in [0.25, 0.3) is 0 Å². The Morgan fingerprint density at radius 3 is 2.47 bits per heavy atom. The van der Waals surface area contributed by atoms with Gasteiger partial charge in [0.2, 0.25) is 0 Å². The van der Waals surface area contributed by atoms with Gasteiger partial charge in [-0.3, -0.25) is 4.99 Å². The highest BCUT2D eigenvalue weighted by atomic mass is 14.8. The van der Waals surface area contributed by atoms with Crippen LogP contribution in [-0.4, -0.2) is 11.8 Å². The minimum atomic E-state index is 0.375. The molecule has 0 aliphatic carbocycles. The number of rotatable bonds is 1. The second-order valence-corrected chi connectivity index (χ2v) is 4.55. The van der Waals surface area contributed by atoms with Gasteiger partial charge >= 0.3 is 0 Å². The maximum Gasteiger partial charge on any atom is 0.0725 e. The van der Waals surface area contributed by atoms with E-state index >= 15 is 0 Å². The Morgan fingerprint density at radius 1 is 0.941 bits per heavy atom. The molecule has 1 heteroatoms. The van der Waals surface area contributed by atoms with Gasteiger partial charge in [0.25, 0.3) is 0 Å². The lowest BCUT2D eigenvalue weighted by Crippen LogP contribution is -2.19. The average Bonchev–Trinajstić information content (AvgIpc) is 2.39. The maximum absolute atomic E-state index is 4.81. The molecule has 1 aliphatic heterocycles. The number of nitrogens with zero attached hydrogens (tertiary/aromatic N) is 1. The molecule has 0 radical (unpaired) electrons. The molecule has 1 heterocycles. The van der Waals surface area contributed by atoms with Crippen LogP contribution < -0.4 is 0 Å². The molecule has 0 bridgehead atoms. The Kier molecular flexibility index (Phi) is 2.52. The summed E-state index contributed by atoms with van der Waals surface area (Å²) in [5.74, 6) is 0. The summed E-state index contributed by atoms with van der Waals surface area (Å²) >= 11 is 0. The second-order valence-electron chi connectivity index (χ2n) is 4.55. The highest BCUT2D eigenvalue weighted by molar-refractivity contribution is 6.14. The van der Waals surface area contributed by atoms with Gasteiger partial charge in [-0.05, 0) is 18.9 Å². The lowest BCUT2D eigenvalue weighted by Gasteiger charge is -2.21. The normalized spacial score (nSPS) is 18.4. The van der Waals surface area contributed by atoms with E-state index in [0.717, 1.165) is 12.1 Å². The Bertz CT molecular complexity index is 555. The summed E-state index contributed by atoms with van der Waals surface area (Å²) in [6.07, 6.45) is 1.05. The number of fused-ring (bicyclic) bond motifs is 1. The molecule has 0 spiro atoms. The number of hydrogen-bond acceptors (Lipinski definition) is 1. The molecule has 2 aromatic rings. The maximum atomic E-state index is 4.81. The summed E-state index contributed by atoms with van der Waals surface area (Å²) in [7, 11) is 0. The van der Waals surface area contributed by atoms with Crippen LogP contribution in [0.1, 0.15) is 23.6 Å². The fourth-order valence-electron chi connectivity index (χ4n) is 2.41. The number of hydrogen-bond donors (Lipinski definition) is 0. The van der Waals surface area contributed by atoms with E-state index in [1.54, 1.807) is 0 Å². The van der Waals surface area contributed by atoms with Gasteiger partial charge in [0.05, 0.1) is 11.8 Å². The molecule has 0 fully saturated rings. The van der Waals surface area contributed by atoms with Crippen molar-refractivity contribution in [2.45, 2.75) is 19.4 Å². The van der Waals surface area contributed by atoms with Crippen molar-refractivity contribution < 1.29 is 0 Å². The van der Waals surface area contributed by atoms with Gasteiger partial charge in [-0.25, -0.2) is 0 Å². The Labute approximate surface area is 102 Å². The molecule has 0 saturated heterocycles. The van der Waals surface area contributed by atoms with E-state index in [4.69, 9.17) is 4.99 Å². The molecule has 2 aromatic carbocycles. The van der Waals surface area contributed by atoms with E-state index in [9.17, 15) is 0 Å². The molecular formula is C16H15N. The summed E-state index contributed by atoms with van der Waals surface area (Å²) < 4.78 is 0. The number of aliphatic imine (C=N–C) groups is 1. The Morgan fingerprint density at radius 2 is 1.65 bits per heavy atom. The van der Waals surface area contributed by atoms with Crippen molar-refractivity contribution in [3.63, 3.8) is 0 Å². The second kappa shape index (κ2) is 4.17. The zero-order valence-corrected chi connectivity index (χ0v) is 9.93. The lowest BCUT2D eigenvalue weighted by atomic mass is 9.91. The first-order valence-corrected chi connectivity index (χ1v) is 6.06. The topological polar surface area (TPSA) is 12.4 Å². The third-order valence-electron chi connectivity index (χ3n) is 3.18. The summed E-state index contributed by atoms with van der Waals surface area (Å²) in [5.41, 5.74) is 5.05. The molecule has 84 valence electrons. The van der Waals surface area contributed by atoms with Gasteiger partial charge < -0.3 is 0 Å². The zero-order chi connectivity index (χ0) is 11.7. The molecule has 1 nitrogen and oxygen atoms in total. The van der Waals surface area contributed by atoms with Gasteiger partial charge in [0, 0.05) is 11.1 Å². The molecule has 0 amide bonds. The first-order valence-electron chi connectivity index (χ1n) is 6.06. The average molecular weight is 221 g/mol. The minimum absolute atomic E-state index is 0.375. The standard InChI is InChI=1S/C16H15N/c1-12-11-14-9-5-6-10-15(14)16(17-12)13-7-3-2-4-8-13/h2-10,12H,11H2,1H3. The van der Waals surface area contributed by atoms with E-state index in [1.165, 1.54) is 16.7 Å². The molecule has 0 N–H and O–H groups in total. The molecule has 1 atom stereocenters. The molecular weight excluding hydrogens is 206 g/mol. The number of benzene rings is 2. The van der Waals surface area contributed by atoms with Crippen molar-refractivity contribution in [1.29, 1.82) is 0 Å². The fourth-order valence-corrected chi connectivity index (χ4v) is 2.41. The Balaban J connectivity index is 2.16.